The van der Waals surface area contributed by atoms with Crippen LogP contribution in [-0.2, 0) is 11.3 Å². The molecule has 35 heavy (non-hydrogen) atoms. The number of amides is 1. The van der Waals surface area contributed by atoms with Gasteiger partial charge in [0.1, 0.15) is 12.4 Å². The molecule has 2 aliphatic heterocycles. The predicted molar refractivity (Wildman–Crippen MR) is 135 cm³/mol. The van der Waals surface area contributed by atoms with Crippen LogP contribution in [0.5, 0.6) is 17.2 Å². The zero-order chi connectivity index (χ0) is 24.6. The number of ether oxygens (including phenoxy) is 4. The van der Waals surface area contributed by atoms with Crippen molar-refractivity contribution in [2.75, 3.05) is 47.6 Å². The van der Waals surface area contributed by atoms with Gasteiger partial charge in [0.25, 0.3) is 5.91 Å². The molecule has 0 saturated carbocycles. The Labute approximate surface area is 208 Å². The number of fused-ring (bicyclic) bond motifs is 2. The van der Waals surface area contributed by atoms with Crippen molar-refractivity contribution in [3.8, 4) is 17.2 Å². The van der Waals surface area contributed by atoms with Crippen molar-refractivity contribution in [2.24, 2.45) is 0 Å². The summed E-state index contributed by atoms with van der Waals surface area (Å²) in [4.78, 5) is 18.0. The topological polar surface area (TPSA) is 60.5 Å². The highest BCUT2D eigenvalue weighted by atomic mass is 16.5. The maximum atomic E-state index is 13.6. The van der Waals surface area contributed by atoms with Gasteiger partial charge in [-0.25, -0.2) is 0 Å². The molecule has 0 bridgehead atoms. The number of carbonyl (C=O) groups is 1. The average molecular weight is 483 g/mol. The Balaban J connectivity index is 1.57. The van der Waals surface area contributed by atoms with Crippen LogP contribution in [0.25, 0.3) is 0 Å². The van der Waals surface area contributed by atoms with Gasteiger partial charge < -0.3 is 23.8 Å². The van der Waals surface area contributed by atoms with Gasteiger partial charge in [-0.05, 0) is 50.4 Å². The van der Waals surface area contributed by atoms with Crippen LogP contribution in [0, 0.1) is 0 Å². The van der Waals surface area contributed by atoms with Crippen molar-refractivity contribution in [2.45, 2.75) is 50.8 Å². The van der Waals surface area contributed by atoms with E-state index in [1.165, 1.54) is 0 Å². The molecule has 0 radical (unpaired) electrons. The third-order valence-corrected chi connectivity index (χ3v) is 7.17. The largest absolute Gasteiger partial charge is 0.493 e. The van der Waals surface area contributed by atoms with Gasteiger partial charge in [-0.2, -0.15) is 0 Å². The molecular formula is C28H38N2O5. The summed E-state index contributed by atoms with van der Waals surface area (Å²) in [5, 5.41) is 0. The quantitative estimate of drug-likeness (QED) is 0.630. The fourth-order valence-corrected chi connectivity index (χ4v) is 5.38. The lowest BCUT2D eigenvalue weighted by molar-refractivity contribution is -0.0155. The van der Waals surface area contributed by atoms with Crippen molar-refractivity contribution in [1.82, 2.24) is 9.80 Å². The van der Waals surface area contributed by atoms with E-state index in [0.29, 0.717) is 17.9 Å². The predicted octanol–water partition coefficient (Wildman–Crippen LogP) is 4.39. The normalized spacial score (nSPS) is 22.0. The molecule has 1 saturated heterocycles. The highest BCUT2D eigenvalue weighted by molar-refractivity contribution is 5.97. The van der Waals surface area contributed by atoms with E-state index in [9.17, 15) is 4.79 Å². The third kappa shape index (κ3) is 5.90. The summed E-state index contributed by atoms with van der Waals surface area (Å²) < 4.78 is 23.2. The van der Waals surface area contributed by atoms with Crippen LogP contribution in [-0.4, -0.2) is 75.4 Å². The summed E-state index contributed by atoms with van der Waals surface area (Å²) in [5.41, 5.74) is 1.72. The molecule has 2 atom stereocenters. The highest BCUT2D eigenvalue weighted by Crippen LogP contribution is 2.32. The maximum absolute atomic E-state index is 13.6. The molecule has 0 aliphatic carbocycles. The van der Waals surface area contributed by atoms with E-state index in [2.05, 4.69) is 11.0 Å². The summed E-state index contributed by atoms with van der Waals surface area (Å²) in [5.74, 6) is 2.21. The Kier molecular flexibility index (Phi) is 8.88. The van der Waals surface area contributed by atoms with E-state index in [1.54, 1.807) is 21.3 Å². The van der Waals surface area contributed by atoms with Crippen molar-refractivity contribution < 1.29 is 23.7 Å². The number of hydrogen-bond donors (Lipinski definition) is 0. The van der Waals surface area contributed by atoms with Gasteiger partial charge in [-0.15, -0.1) is 0 Å². The van der Waals surface area contributed by atoms with E-state index >= 15 is 0 Å². The zero-order valence-corrected chi connectivity index (χ0v) is 21.2. The number of piperidine rings is 1. The maximum Gasteiger partial charge on any atom is 0.257 e. The molecule has 1 amide bonds. The number of carbonyl (C=O) groups excluding carboxylic acids is 1. The molecule has 7 heteroatoms. The Bertz CT molecular complexity index is 982. The first-order valence-electron chi connectivity index (χ1n) is 12.6. The molecule has 2 aromatic carbocycles. The van der Waals surface area contributed by atoms with Gasteiger partial charge in [0.2, 0.25) is 0 Å². The minimum Gasteiger partial charge on any atom is -0.493 e. The second kappa shape index (κ2) is 12.3. The fourth-order valence-electron chi connectivity index (χ4n) is 5.38. The van der Waals surface area contributed by atoms with E-state index in [1.807, 2.05) is 41.3 Å². The van der Waals surface area contributed by atoms with E-state index in [-0.39, 0.29) is 18.1 Å². The molecule has 4 rings (SSSR count). The molecule has 0 aromatic heterocycles. The minimum absolute atomic E-state index is 0.0459. The van der Waals surface area contributed by atoms with Crippen molar-refractivity contribution >= 4 is 5.91 Å². The third-order valence-electron chi connectivity index (χ3n) is 7.17. The van der Waals surface area contributed by atoms with Crippen molar-refractivity contribution in [3.05, 3.63) is 53.6 Å². The van der Waals surface area contributed by atoms with Crippen LogP contribution in [0.1, 0.15) is 48.0 Å². The highest BCUT2D eigenvalue weighted by Gasteiger charge is 2.35. The zero-order valence-electron chi connectivity index (χ0n) is 21.2. The fraction of sp³-hybridized carbons (Fsp3) is 0.536. The monoisotopic (exact) mass is 482 g/mol. The van der Waals surface area contributed by atoms with Crippen LogP contribution in [0.4, 0.5) is 0 Å². The smallest absolute Gasteiger partial charge is 0.257 e. The lowest BCUT2D eigenvalue weighted by atomic mass is 9.93. The van der Waals surface area contributed by atoms with Gasteiger partial charge in [0, 0.05) is 32.3 Å². The number of benzene rings is 2. The first kappa shape index (κ1) is 25.3. The standard InChI is InChI=1S/C28H38N2O5/c1-32-25-15-9-17-30-23(25)12-6-7-16-29(20-21-10-8-14-26(33-2)27(21)34-3)18-19-35-24-13-5-4-11-22(24)28(30)31/h4-5,8,10-11,13-14,23,25H,6-7,9,12,15-20H2,1-3H3/t23-,25-/m0/s1. The van der Waals surface area contributed by atoms with Crippen LogP contribution in [0.2, 0.25) is 0 Å². The van der Waals surface area contributed by atoms with Crippen LogP contribution < -0.4 is 14.2 Å². The van der Waals surface area contributed by atoms with Gasteiger partial charge in [-0.1, -0.05) is 30.7 Å². The Morgan fingerprint density at radius 3 is 2.57 bits per heavy atom. The molecule has 7 nitrogen and oxygen atoms in total. The second-order valence-electron chi connectivity index (χ2n) is 9.25. The molecule has 1 fully saturated rings. The number of methoxy groups -OCH3 is 3. The summed E-state index contributed by atoms with van der Waals surface area (Å²) in [6, 6.07) is 13.7. The molecule has 0 spiro atoms. The summed E-state index contributed by atoms with van der Waals surface area (Å²) in [7, 11) is 5.11. The van der Waals surface area contributed by atoms with Gasteiger partial charge in [-0.3, -0.25) is 9.69 Å². The molecule has 2 heterocycles. The number of hydrogen-bond acceptors (Lipinski definition) is 6. The van der Waals surface area contributed by atoms with Gasteiger partial charge in [0.05, 0.1) is 31.9 Å². The van der Waals surface area contributed by atoms with Crippen LogP contribution >= 0.6 is 0 Å². The lowest BCUT2D eigenvalue weighted by Crippen LogP contribution is -2.51. The molecule has 190 valence electrons. The number of rotatable bonds is 5. The van der Waals surface area contributed by atoms with Crippen LogP contribution in [0.3, 0.4) is 0 Å². The Hall–Kier alpha value is -2.77. The SMILES string of the molecule is COc1cccc(CN2CCCC[C@H]3[C@@H](OC)CCCN3C(=O)c3ccccc3OCC2)c1OC. The second-order valence-corrected chi connectivity index (χ2v) is 9.25. The van der Waals surface area contributed by atoms with E-state index < -0.39 is 0 Å². The van der Waals surface area contributed by atoms with Crippen LogP contribution in [0.15, 0.2) is 42.5 Å². The summed E-state index contributed by atoms with van der Waals surface area (Å²) >= 11 is 0. The molecular weight excluding hydrogens is 444 g/mol. The summed E-state index contributed by atoms with van der Waals surface area (Å²) in [6.45, 7) is 3.68. The first-order chi connectivity index (χ1) is 17.2. The number of nitrogens with zero attached hydrogens (tertiary/aromatic N) is 2. The first-order valence-corrected chi connectivity index (χ1v) is 12.6. The number of para-hydroxylation sites is 2. The van der Waals surface area contributed by atoms with Gasteiger partial charge in [0.15, 0.2) is 11.5 Å². The Morgan fingerprint density at radius 1 is 0.914 bits per heavy atom. The van der Waals surface area contributed by atoms with Crippen molar-refractivity contribution in [1.29, 1.82) is 0 Å². The minimum atomic E-state index is 0.0459. The van der Waals surface area contributed by atoms with E-state index in [0.717, 1.165) is 75.3 Å². The summed E-state index contributed by atoms with van der Waals surface area (Å²) in [6.07, 6.45) is 5.02. The van der Waals surface area contributed by atoms with Gasteiger partial charge >= 0.3 is 0 Å². The Morgan fingerprint density at radius 2 is 1.77 bits per heavy atom. The average Bonchev–Trinajstić information content (AvgIpc) is 2.91. The molecule has 2 aliphatic rings. The lowest BCUT2D eigenvalue weighted by Gasteiger charge is -2.41. The van der Waals surface area contributed by atoms with Crippen molar-refractivity contribution in [3.63, 3.8) is 0 Å². The molecule has 2 aromatic rings. The molecule has 0 N–H and O–H groups in total. The van der Waals surface area contributed by atoms with E-state index in [4.69, 9.17) is 18.9 Å². The molecule has 0 unspecified atom stereocenters.